The number of methoxy groups -OCH3 is 1. The highest BCUT2D eigenvalue weighted by molar-refractivity contribution is 6.46. The number of ether oxygens (including phenoxy) is 1. The van der Waals surface area contributed by atoms with Crippen LogP contribution in [0.1, 0.15) is 22.3 Å². The molecule has 0 aromatic heterocycles. The molecule has 0 unspecified atom stereocenters. The van der Waals surface area contributed by atoms with Gasteiger partial charge in [-0.2, -0.15) is 0 Å². The molecule has 2 aliphatic heterocycles. The molecule has 0 saturated heterocycles. The van der Waals surface area contributed by atoms with Crippen molar-refractivity contribution in [1.82, 2.24) is 0 Å². The smallest absolute Gasteiger partial charge is 0.282 e. The molecule has 160 valence electrons. The van der Waals surface area contributed by atoms with Crippen molar-refractivity contribution in [2.45, 2.75) is 20.3 Å². The standard InChI is InChI=1S/C27H24N2O3/c1-17-7-6-10-22(18(17)2)29-26(30)24(20-11-13-21(32-3)14-12-20)25(27(29)31)28-16-15-19-8-4-5-9-23(19)28/h4-14H,15-16H2,1-3H3. The van der Waals surface area contributed by atoms with Gasteiger partial charge in [-0.25, -0.2) is 4.90 Å². The second kappa shape index (κ2) is 7.68. The zero-order chi connectivity index (χ0) is 22.4. The number of imide groups is 1. The molecule has 5 nitrogen and oxygen atoms in total. The van der Waals surface area contributed by atoms with Crippen molar-refractivity contribution in [1.29, 1.82) is 0 Å². The van der Waals surface area contributed by atoms with Gasteiger partial charge >= 0.3 is 0 Å². The normalized spacial score (nSPS) is 15.6. The Kier molecular flexibility index (Phi) is 4.82. The van der Waals surface area contributed by atoms with E-state index in [-0.39, 0.29) is 11.8 Å². The predicted molar refractivity (Wildman–Crippen MR) is 126 cm³/mol. The van der Waals surface area contributed by atoms with E-state index in [1.165, 1.54) is 10.5 Å². The summed E-state index contributed by atoms with van der Waals surface area (Å²) >= 11 is 0. The molecule has 3 aromatic carbocycles. The third kappa shape index (κ3) is 3.01. The van der Waals surface area contributed by atoms with Gasteiger partial charge in [-0.15, -0.1) is 0 Å². The van der Waals surface area contributed by atoms with E-state index < -0.39 is 0 Å². The minimum absolute atomic E-state index is 0.286. The maximum absolute atomic E-state index is 13.9. The first-order valence-electron chi connectivity index (χ1n) is 10.7. The monoisotopic (exact) mass is 424 g/mol. The Morgan fingerprint density at radius 1 is 0.812 bits per heavy atom. The van der Waals surface area contributed by atoms with E-state index >= 15 is 0 Å². The quantitative estimate of drug-likeness (QED) is 0.572. The number of hydrogen-bond acceptors (Lipinski definition) is 4. The number of carbonyl (C=O) groups is 2. The maximum Gasteiger partial charge on any atom is 0.282 e. The van der Waals surface area contributed by atoms with Crippen molar-refractivity contribution >= 4 is 28.8 Å². The topological polar surface area (TPSA) is 49.9 Å². The van der Waals surface area contributed by atoms with Crippen LogP contribution >= 0.6 is 0 Å². The maximum atomic E-state index is 13.9. The van der Waals surface area contributed by atoms with Gasteiger partial charge in [0.15, 0.2) is 0 Å². The lowest BCUT2D eigenvalue weighted by molar-refractivity contribution is -0.120. The van der Waals surface area contributed by atoms with Crippen LogP contribution in [0.15, 0.2) is 72.4 Å². The molecule has 0 radical (unpaired) electrons. The van der Waals surface area contributed by atoms with Crippen LogP contribution in [0.5, 0.6) is 5.75 Å². The van der Waals surface area contributed by atoms with E-state index in [0.717, 1.165) is 23.2 Å². The summed E-state index contributed by atoms with van der Waals surface area (Å²) in [5.41, 5.74) is 6.32. The van der Waals surface area contributed by atoms with Gasteiger partial charge < -0.3 is 9.64 Å². The van der Waals surface area contributed by atoms with E-state index in [1.807, 2.05) is 79.4 Å². The van der Waals surface area contributed by atoms with Crippen LogP contribution in [0.25, 0.3) is 5.57 Å². The summed E-state index contributed by atoms with van der Waals surface area (Å²) in [5.74, 6) is 0.116. The van der Waals surface area contributed by atoms with E-state index in [9.17, 15) is 9.59 Å². The molecule has 0 saturated carbocycles. The summed E-state index contributed by atoms with van der Waals surface area (Å²) in [7, 11) is 1.60. The fourth-order valence-electron chi connectivity index (χ4n) is 4.55. The summed E-state index contributed by atoms with van der Waals surface area (Å²) in [4.78, 5) is 31.0. The predicted octanol–water partition coefficient (Wildman–Crippen LogP) is 4.66. The first kappa shape index (κ1) is 20.1. The molecule has 2 amide bonds. The van der Waals surface area contributed by atoms with Crippen LogP contribution in [-0.4, -0.2) is 25.5 Å². The largest absolute Gasteiger partial charge is 0.497 e. The van der Waals surface area contributed by atoms with Gasteiger partial charge in [0.1, 0.15) is 11.4 Å². The number of hydrogen-bond donors (Lipinski definition) is 0. The van der Waals surface area contributed by atoms with E-state index in [0.29, 0.717) is 34.8 Å². The number of benzene rings is 3. The van der Waals surface area contributed by atoms with Gasteiger partial charge in [0.25, 0.3) is 11.8 Å². The first-order valence-corrected chi connectivity index (χ1v) is 10.7. The van der Waals surface area contributed by atoms with E-state index in [1.54, 1.807) is 7.11 Å². The SMILES string of the molecule is COc1ccc(C2=C(N3CCc4ccccc43)C(=O)N(c3cccc(C)c3C)C2=O)cc1. The lowest BCUT2D eigenvalue weighted by Gasteiger charge is -2.22. The molecule has 5 rings (SSSR count). The number of fused-ring (bicyclic) bond motifs is 1. The Bertz CT molecular complexity index is 1270. The zero-order valence-electron chi connectivity index (χ0n) is 18.4. The highest BCUT2D eigenvalue weighted by Gasteiger charge is 2.44. The second-order valence-electron chi connectivity index (χ2n) is 8.15. The van der Waals surface area contributed by atoms with Gasteiger partial charge in [0.05, 0.1) is 18.4 Å². The lowest BCUT2D eigenvalue weighted by Crippen LogP contribution is -2.35. The lowest BCUT2D eigenvalue weighted by atomic mass is 10.0. The van der Waals surface area contributed by atoms with Crippen LogP contribution in [0, 0.1) is 13.8 Å². The fourth-order valence-corrected chi connectivity index (χ4v) is 4.55. The zero-order valence-corrected chi connectivity index (χ0v) is 18.4. The highest BCUT2D eigenvalue weighted by Crippen LogP contribution is 2.41. The average Bonchev–Trinajstić information content (AvgIpc) is 3.34. The Morgan fingerprint density at radius 2 is 1.53 bits per heavy atom. The molecule has 5 heteroatoms. The second-order valence-corrected chi connectivity index (χ2v) is 8.15. The highest BCUT2D eigenvalue weighted by atomic mass is 16.5. The Balaban J connectivity index is 1.69. The number of aryl methyl sites for hydroxylation is 1. The fraction of sp³-hybridized carbons (Fsp3) is 0.185. The molecule has 0 fully saturated rings. The minimum atomic E-state index is -0.298. The number of amides is 2. The number of para-hydroxylation sites is 1. The number of anilines is 2. The van der Waals surface area contributed by atoms with Crippen molar-refractivity contribution in [2.24, 2.45) is 0 Å². The van der Waals surface area contributed by atoms with Gasteiger partial charge in [-0.3, -0.25) is 9.59 Å². The molecule has 0 bridgehead atoms. The summed E-state index contributed by atoms with van der Waals surface area (Å²) in [5, 5.41) is 0. The van der Waals surface area contributed by atoms with Crippen molar-refractivity contribution in [2.75, 3.05) is 23.5 Å². The van der Waals surface area contributed by atoms with Gasteiger partial charge in [-0.05, 0) is 66.8 Å². The molecular formula is C27H24N2O3. The van der Waals surface area contributed by atoms with Crippen molar-refractivity contribution < 1.29 is 14.3 Å². The average molecular weight is 425 g/mol. The first-order chi connectivity index (χ1) is 15.5. The molecule has 32 heavy (non-hydrogen) atoms. The summed E-state index contributed by atoms with van der Waals surface area (Å²) in [6.07, 6.45) is 0.834. The molecule has 0 N–H and O–H groups in total. The summed E-state index contributed by atoms with van der Waals surface area (Å²) in [6, 6.07) is 21.1. The number of carbonyl (C=O) groups excluding carboxylic acids is 2. The minimum Gasteiger partial charge on any atom is -0.497 e. The third-order valence-corrected chi connectivity index (χ3v) is 6.41. The Hall–Kier alpha value is -3.86. The molecular weight excluding hydrogens is 400 g/mol. The van der Waals surface area contributed by atoms with E-state index in [2.05, 4.69) is 6.07 Å². The number of rotatable bonds is 4. The van der Waals surface area contributed by atoms with Crippen molar-refractivity contribution in [3.8, 4) is 5.75 Å². The molecule has 0 spiro atoms. The molecule has 0 aliphatic carbocycles. The van der Waals surface area contributed by atoms with E-state index in [4.69, 9.17) is 4.74 Å². The van der Waals surface area contributed by atoms with Gasteiger partial charge in [-0.1, -0.05) is 42.5 Å². The van der Waals surface area contributed by atoms with Crippen LogP contribution in [-0.2, 0) is 16.0 Å². The van der Waals surface area contributed by atoms with Gasteiger partial charge in [0.2, 0.25) is 0 Å². The molecule has 2 heterocycles. The van der Waals surface area contributed by atoms with Crippen LogP contribution in [0.4, 0.5) is 11.4 Å². The molecule has 3 aromatic rings. The van der Waals surface area contributed by atoms with Crippen LogP contribution in [0.3, 0.4) is 0 Å². The Morgan fingerprint density at radius 3 is 2.28 bits per heavy atom. The van der Waals surface area contributed by atoms with Crippen molar-refractivity contribution in [3.05, 3.63) is 94.7 Å². The summed E-state index contributed by atoms with van der Waals surface area (Å²) < 4.78 is 5.28. The van der Waals surface area contributed by atoms with Crippen molar-refractivity contribution in [3.63, 3.8) is 0 Å². The van der Waals surface area contributed by atoms with Crippen LogP contribution < -0.4 is 14.5 Å². The number of nitrogens with zero attached hydrogens (tertiary/aromatic N) is 2. The molecule has 0 atom stereocenters. The third-order valence-electron chi connectivity index (χ3n) is 6.41. The molecule has 2 aliphatic rings. The van der Waals surface area contributed by atoms with Gasteiger partial charge in [0, 0.05) is 12.2 Å². The Labute approximate surface area is 187 Å². The summed E-state index contributed by atoms with van der Waals surface area (Å²) in [6.45, 7) is 4.59. The van der Waals surface area contributed by atoms with Crippen LogP contribution in [0.2, 0.25) is 0 Å².